The largest absolute Gasteiger partial charge is 0.356 e. The van der Waals surface area contributed by atoms with E-state index < -0.39 is 140 Å². The quantitative estimate of drug-likeness (QED) is 0.629. The van der Waals surface area contributed by atoms with Gasteiger partial charge in [0.15, 0.2) is 5.58 Å². The number of halogens is 1. The zero-order chi connectivity index (χ0) is 41.0. The Morgan fingerprint density at radius 3 is 3.07 bits per heavy atom. The summed E-state index contributed by atoms with van der Waals surface area (Å²) in [5.74, 6) is -6.94. The average molecular weight is 434 g/mol. The molecular formula is C23H27FN4O2. The summed E-state index contributed by atoms with van der Waals surface area (Å²) < 4.78 is 212. The van der Waals surface area contributed by atoms with Crippen molar-refractivity contribution in [2.24, 2.45) is 0 Å². The van der Waals surface area contributed by atoms with Crippen LogP contribution in [0.2, 0.25) is 0 Å². The van der Waals surface area contributed by atoms with E-state index in [1.807, 2.05) is 0 Å². The van der Waals surface area contributed by atoms with Crippen LogP contribution in [-0.4, -0.2) is 39.1 Å². The van der Waals surface area contributed by atoms with Gasteiger partial charge in [-0.2, -0.15) is 0 Å². The van der Waals surface area contributed by atoms with Gasteiger partial charge >= 0.3 is 0 Å². The molecule has 1 fully saturated rings. The Morgan fingerprint density at radius 2 is 2.23 bits per heavy atom. The molecule has 0 unspecified atom stereocenters. The number of piperidine rings is 1. The van der Waals surface area contributed by atoms with Gasteiger partial charge in [0.05, 0.1) is 9.81 Å². The highest BCUT2D eigenvalue weighted by Gasteiger charge is 2.25. The summed E-state index contributed by atoms with van der Waals surface area (Å²) in [5.41, 5.74) is -6.52. The van der Waals surface area contributed by atoms with Crippen LogP contribution in [0.3, 0.4) is 0 Å². The van der Waals surface area contributed by atoms with E-state index >= 15 is 0 Å². The predicted molar refractivity (Wildman–Crippen MR) is 112 cm³/mol. The first-order valence-electron chi connectivity index (χ1n) is 20.0. The standard InChI is InChI=1S/C23H27FN4O2/c1-15-18(23(29)28-10-3-2-4-21(28)25-15)9-13-27-11-7-16(8-12-27)22-19-6-5-17(24)14-20(19)30-26-22/h5-6,14,16H,2-4,7-13H2,1H3/i1D3,2D2,3D2,4D2,5D,6D,7D2,8D2,10D2,11D2,12D2,14D,16D. The van der Waals surface area contributed by atoms with Crippen molar-refractivity contribution in [2.45, 2.75) is 57.5 Å². The fourth-order valence-electron chi connectivity index (χ4n) is 2.81. The molecule has 5 rings (SSSR count). The molecule has 0 saturated carbocycles. The Labute approximate surface area is 207 Å². The molecular weight excluding hydrogens is 383 g/mol. The molecule has 7 heteroatoms. The lowest BCUT2D eigenvalue weighted by atomic mass is 9.91. The number of hydrogen-bond acceptors (Lipinski definition) is 5. The van der Waals surface area contributed by atoms with Crippen molar-refractivity contribution in [3.05, 3.63) is 57.1 Å². The Balaban J connectivity index is 1.72. The number of fused-ring (bicyclic) bond motifs is 2. The van der Waals surface area contributed by atoms with Crippen molar-refractivity contribution in [3.63, 3.8) is 0 Å². The van der Waals surface area contributed by atoms with Crippen LogP contribution in [0.1, 0.15) is 85.7 Å². The third-order valence-electron chi connectivity index (χ3n) is 4.25. The second-order valence-corrected chi connectivity index (χ2v) is 6.06. The number of aromatic nitrogens is 3. The molecule has 1 aromatic carbocycles. The van der Waals surface area contributed by atoms with Gasteiger partial charge < -0.3 is 9.42 Å². The summed E-state index contributed by atoms with van der Waals surface area (Å²) in [4.78, 5) is 17.3. The van der Waals surface area contributed by atoms with Crippen LogP contribution in [0.5, 0.6) is 0 Å². The Morgan fingerprint density at radius 1 is 1.37 bits per heavy atom. The molecule has 158 valence electrons. The Kier molecular flexibility index (Phi) is 1.72. The molecule has 2 aliphatic rings. The highest BCUT2D eigenvalue weighted by atomic mass is 19.1. The van der Waals surface area contributed by atoms with Gasteiger partial charge in [-0.25, -0.2) is 9.37 Å². The molecule has 0 bridgehead atoms. The highest BCUT2D eigenvalue weighted by Crippen LogP contribution is 2.32. The van der Waals surface area contributed by atoms with Crippen molar-refractivity contribution >= 4 is 11.0 Å². The first kappa shape index (κ1) is 6.48. The van der Waals surface area contributed by atoms with Crippen molar-refractivity contribution < 1.29 is 40.4 Å². The van der Waals surface area contributed by atoms with Gasteiger partial charge in [0.25, 0.3) is 5.56 Å². The van der Waals surface area contributed by atoms with Crippen molar-refractivity contribution in [3.8, 4) is 0 Å². The van der Waals surface area contributed by atoms with E-state index in [0.29, 0.717) is 0 Å². The van der Waals surface area contributed by atoms with Gasteiger partial charge in [-0.05, 0) is 63.8 Å². The molecule has 2 aromatic heterocycles. The fraction of sp³-hybridized carbons (Fsp3) is 0.522. The van der Waals surface area contributed by atoms with E-state index in [0.717, 1.165) is 0 Å². The molecule has 6 nitrogen and oxygen atoms in total. The maximum Gasteiger partial charge on any atom is 0.256 e. The fourth-order valence-corrected chi connectivity index (χ4v) is 2.81. The third kappa shape index (κ3) is 3.55. The van der Waals surface area contributed by atoms with Crippen LogP contribution < -0.4 is 5.56 Å². The van der Waals surface area contributed by atoms with Gasteiger partial charge in [0, 0.05) is 75.4 Å². The summed E-state index contributed by atoms with van der Waals surface area (Å²) in [6.07, 6.45) is -20.5. The van der Waals surface area contributed by atoms with Crippen LogP contribution >= 0.6 is 0 Å². The smallest absolute Gasteiger partial charge is 0.256 e. The number of benzene rings is 1. The third-order valence-corrected chi connectivity index (χ3v) is 4.25. The molecule has 0 atom stereocenters. The lowest BCUT2D eigenvalue weighted by Crippen LogP contribution is -2.37. The molecule has 0 spiro atoms. The van der Waals surface area contributed by atoms with E-state index in [2.05, 4.69) is 10.1 Å². The molecule has 0 radical (unpaired) electrons. The summed E-state index contributed by atoms with van der Waals surface area (Å²) >= 11 is 0. The zero-order valence-corrected chi connectivity index (χ0v) is 14.9. The lowest BCUT2D eigenvalue weighted by Gasteiger charge is -2.31. The second-order valence-electron chi connectivity index (χ2n) is 6.06. The average Bonchev–Trinajstić information content (AvgIpc) is 3.46. The van der Waals surface area contributed by atoms with Gasteiger partial charge in [-0.3, -0.25) is 9.36 Å². The summed E-state index contributed by atoms with van der Waals surface area (Å²) in [5, 5.41) is 2.39. The molecule has 1 saturated heterocycles. The van der Waals surface area contributed by atoms with Crippen LogP contribution in [0.25, 0.3) is 11.0 Å². The van der Waals surface area contributed by atoms with E-state index in [9.17, 15) is 9.18 Å². The minimum Gasteiger partial charge on any atom is -0.356 e. The molecule has 4 heterocycles. The maximum atomic E-state index is 14.4. The van der Waals surface area contributed by atoms with Gasteiger partial charge in [0.1, 0.15) is 11.6 Å². The normalized spacial score (nSPS) is 44.2. The minimum atomic E-state index is -4.00. The molecule has 0 N–H and O–H groups in total. The van der Waals surface area contributed by atoms with Gasteiger partial charge in [-0.15, -0.1) is 0 Å². The van der Waals surface area contributed by atoms with Crippen LogP contribution in [-0.2, 0) is 19.3 Å². The van der Waals surface area contributed by atoms with Crippen LogP contribution in [0, 0.1) is 12.7 Å². The van der Waals surface area contributed by atoms with Crippen molar-refractivity contribution in [1.82, 2.24) is 19.6 Å². The highest BCUT2D eigenvalue weighted by molar-refractivity contribution is 5.79. The van der Waals surface area contributed by atoms with Crippen molar-refractivity contribution in [1.29, 1.82) is 0 Å². The van der Waals surface area contributed by atoms with Crippen LogP contribution in [0.4, 0.5) is 4.39 Å². The minimum absolute atomic E-state index is 0.152. The maximum absolute atomic E-state index is 14.4. The lowest BCUT2D eigenvalue weighted by molar-refractivity contribution is 0.211. The number of likely N-dealkylation sites (tertiary alicyclic amines) is 1. The number of hydrogen-bond donors (Lipinski definition) is 0. The SMILES string of the molecule is [2H]c1c(F)c([2H])c2onc(C3([2H])C([2H])([2H])C([2H])([2H])N(CCc4c(C([2H])([2H])[2H])nc5n(c4=O)C([2H])([2H])C([2H])([2H])C([2H])([2H])C5([2H])[2H])C([2H])([2H])C3([2H])[2H])c2c1[2H]. The number of nitrogens with zero attached hydrogens (tertiary/aromatic N) is 4. The van der Waals surface area contributed by atoms with E-state index in [-0.39, 0.29) is 9.47 Å². The summed E-state index contributed by atoms with van der Waals surface area (Å²) in [6, 6.07) is -3.66. The monoisotopic (exact) mass is 433 g/mol. The Bertz CT molecular complexity index is 2080. The summed E-state index contributed by atoms with van der Waals surface area (Å²) in [6.45, 7) is -16.4. The topological polar surface area (TPSA) is 64.2 Å². The predicted octanol–water partition coefficient (Wildman–Crippen LogP) is 3.59. The van der Waals surface area contributed by atoms with E-state index in [1.165, 1.54) is 0 Å². The first-order chi connectivity index (χ1) is 23.5. The zero-order valence-electron chi connectivity index (χ0n) is 37.9. The first-order valence-corrected chi connectivity index (χ1v) is 8.49. The second kappa shape index (κ2) is 7.95. The molecule has 2 aliphatic heterocycles. The Hall–Kier alpha value is -2.54. The van der Waals surface area contributed by atoms with Crippen LogP contribution in [0.15, 0.2) is 27.4 Å². The van der Waals surface area contributed by atoms with Gasteiger partial charge in [0.2, 0.25) is 0 Å². The molecule has 0 amide bonds. The van der Waals surface area contributed by atoms with E-state index in [4.69, 9.17) is 36.1 Å². The van der Waals surface area contributed by atoms with Crippen molar-refractivity contribution in [2.75, 3.05) is 19.5 Å². The molecule has 30 heavy (non-hydrogen) atoms. The number of rotatable bonds is 4. The molecule has 0 aliphatic carbocycles. The van der Waals surface area contributed by atoms with Gasteiger partial charge in [-0.1, -0.05) is 5.16 Å². The number of aryl methyl sites for hydroxylation is 2. The van der Waals surface area contributed by atoms with E-state index in [1.54, 1.807) is 0 Å². The summed E-state index contributed by atoms with van der Waals surface area (Å²) in [7, 11) is 0. The molecule has 3 aromatic rings.